The van der Waals surface area contributed by atoms with Gasteiger partial charge in [0, 0.05) is 45.3 Å². The van der Waals surface area contributed by atoms with Crippen LogP contribution in [0.1, 0.15) is 19.8 Å². The van der Waals surface area contributed by atoms with E-state index in [1.54, 1.807) is 0 Å². The zero-order valence-electron chi connectivity index (χ0n) is 10.5. The summed E-state index contributed by atoms with van der Waals surface area (Å²) in [6.07, 6.45) is 2.14. The quantitative estimate of drug-likeness (QED) is 0.275. The van der Waals surface area contributed by atoms with E-state index in [0.29, 0.717) is 6.54 Å². The minimum absolute atomic E-state index is 0.228. The van der Waals surface area contributed by atoms with Crippen LogP contribution in [0.25, 0.3) is 0 Å². The first-order valence-electron chi connectivity index (χ1n) is 6.30. The van der Waals surface area contributed by atoms with Gasteiger partial charge in [-0.05, 0) is 6.42 Å². The molecular weight excluding hydrogens is 204 g/mol. The largest absolute Gasteiger partial charge is 0.395 e. The van der Waals surface area contributed by atoms with Gasteiger partial charge in [-0.2, -0.15) is 0 Å². The molecule has 0 aromatic rings. The highest BCUT2D eigenvalue weighted by Gasteiger charge is 2.03. The smallest absolute Gasteiger partial charge is 0.0584 e. The second kappa shape index (κ2) is 12.9. The van der Waals surface area contributed by atoms with Crippen molar-refractivity contribution in [1.82, 2.24) is 16.0 Å². The maximum atomic E-state index is 9.05. The maximum absolute atomic E-state index is 9.05. The van der Waals surface area contributed by atoms with Gasteiger partial charge in [-0.3, -0.25) is 0 Å². The average Bonchev–Trinajstić information content (AvgIpc) is 2.31. The molecule has 0 heterocycles. The fraction of sp³-hybridized carbons (Fsp3) is 1.00. The highest BCUT2D eigenvalue weighted by atomic mass is 16.3. The Morgan fingerprint density at radius 1 is 1.06 bits per heavy atom. The highest BCUT2D eigenvalue weighted by molar-refractivity contribution is 4.65. The molecule has 0 bridgehead atoms. The summed E-state index contributed by atoms with van der Waals surface area (Å²) in [5.74, 6) is 0. The number of nitrogens with two attached hydrogens (primary N) is 1. The molecule has 1 unspecified atom stereocenters. The van der Waals surface area contributed by atoms with Gasteiger partial charge in [0.15, 0.2) is 0 Å². The van der Waals surface area contributed by atoms with E-state index >= 15 is 0 Å². The molecule has 5 nitrogen and oxygen atoms in total. The van der Waals surface area contributed by atoms with E-state index in [4.69, 9.17) is 10.8 Å². The van der Waals surface area contributed by atoms with Gasteiger partial charge in [-0.1, -0.05) is 13.3 Å². The lowest BCUT2D eigenvalue weighted by atomic mass is 10.2. The fourth-order valence-electron chi connectivity index (χ4n) is 1.50. The van der Waals surface area contributed by atoms with Gasteiger partial charge in [-0.25, -0.2) is 0 Å². The van der Waals surface area contributed by atoms with Gasteiger partial charge in [0.25, 0.3) is 0 Å². The van der Waals surface area contributed by atoms with Crippen molar-refractivity contribution in [1.29, 1.82) is 0 Å². The maximum Gasteiger partial charge on any atom is 0.0584 e. The monoisotopic (exact) mass is 232 g/mol. The molecular formula is C11H28N4O. The fourth-order valence-corrected chi connectivity index (χ4v) is 1.50. The van der Waals surface area contributed by atoms with E-state index in [1.807, 2.05) is 0 Å². The summed E-state index contributed by atoms with van der Waals surface area (Å²) in [6, 6.07) is 0.252. The number of aliphatic hydroxyl groups excluding tert-OH is 1. The molecule has 0 spiro atoms. The topological polar surface area (TPSA) is 82.3 Å². The second-order valence-corrected chi connectivity index (χ2v) is 3.91. The molecule has 0 fully saturated rings. The lowest BCUT2D eigenvalue weighted by Crippen LogP contribution is -2.39. The number of nitrogens with one attached hydrogen (secondary N) is 3. The lowest BCUT2D eigenvalue weighted by molar-refractivity contribution is 0.235. The summed E-state index contributed by atoms with van der Waals surface area (Å²) in [7, 11) is 0. The van der Waals surface area contributed by atoms with Gasteiger partial charge in [0.1, 0.15) is 0 Å². The highest BCUT2D eigenvalue weighted by Crippen LogP contribution is 1.93. The van der Waals surface area contributed by atoms with Crippen molar-refractivity contribution in [2.24, 2.45) is 5.73 Å². The predicted octanol–water partition coefficient (Wildman–Crippen LogP) is -1.13. The van der Waals surface area contributed by atoms with Crippen molar-refractivity contribution in [2.75, 3.05) is 45.9 Å². The number of rotatable bonds is 12. The van der Waals surface area contributed by atoms with E-state index < -0.39 is 0 Å². The van der Waals surface area contributed by atoms with Crippen LogP contribution in [-0.2, 0) is 0 Å². The first kappa shape index (κ1) is 15.8. The van der Waals surface area contributed by atoms with Crippen LogP contribution in [0.2, 0.25) is 0 Å². The van der Waals surface area contributed by atoms with Crippen LogP contribution >= 0.6 is 0 Å². The molecule has 0 aromatic heterocycles. The van der Waals surface area contributed by atoms with Crippen LogP contribution in [-0.4, -0.2) is 57.0 Å². The van der Waals surface area contributed by atoms with Crippen molar-refractivity contribution in [3.05, 3.63) is 0 Å². The van der Waals surface area contributed by atoms with Gasteiger partial charge < -0.3 is 26.8 Å². The molecule has 0 aliphatic carbocycles. The second-order valence-electron chi connectivity index (χ2n) is 3.91. The Kier molecular flexibility index (Phi) is 12.7. The molecule has 0 radical (unpaired) electrons. The number of aliphatic hydroxyl groups is 1. The normalized spacial score (nSPS) is 12.9. The average molecular weight is 232 g/mol. The zero-order valence-corrected chi connectivity index (χ0v) is 10.5. The Balaban J connectivity index is 3.12. The third kappa shape index (κ3) is 10.3. The Hall–Kier alpha value is -0.200. The van der Waals surface area contributed by atoms with Crippen LogP contribution < -0.4 is 21.7 Å². The van der Waals surface area contributed by atoms with E-state index in [0.717, 1.165) is 45.6 Å². The van der Waals surface area contributed by atoms with Crippen molar-refractivity contribution >= 4 is 0 Å². The summed E-state index contributed by atoms with van der Waals surface area (Å²) >= 11 is 0. The van der Waals surface area contributed by atoms with E-state index in [1.165, 1.54) is 0 Å². The molecule has 0 rings (SSSR count). The molecule has 0 aliphatic rings. The first-order valence-corrected chi connectivity index (χ1v) is 6.30. The Bertz CT molecular complexity index is 135. The molecule has 0 saturated carbocycles. The van der Waals surface area contributed by atoms with Crippen molar-refractivity contribution in [2.45, 2.75) is 25.8 Å². The van der Waals surface area contributed by atoms with E-state index in [2.05, 4.69) is 22.9 Å². The molecule has 0 aliphatic heterocycles. The predicted molar refractivity (Wildman–Crippen MR) is 68.6 cm³/mol. The van der Waals surface area contributed by atoms with Crippen LogP contribution in [0.4, 0.5) is 0 Å². The summed E-state index contributed by atoms with van der Waals surface area (Å²) in [6.45, 7) is 7.68. The van der Waals surface area contributed by atoms with Gasteiger partial charge in [-0.15, -0.1) is 0 Å². The third-order valence-corrected chi connectivity index (χ3v) is 2.39. The van der Waals surface area contributed by atoms with Gasteiger partial charge in [0.2, 0.25) is 0 Å². The first-order chi connectivity index (χ1) is 7.85. The number of hydrogen-bond acceptors (Lipinski definition) is 5. The summed E-state index contributed by atoms with van der Waals surface area (Å²) in [5.41, 5.74) is 5.35. The minimum atomic E-state index is 0.228. The lowest BCUT2D eigenvalue weighted by Gasteiger charge is -2.15. The van der Waals surface area contributed by atoms with Crippen LogP contribution in [0.15, 0.2) is 0 Å². The van der Waals surface area contributed by atoms with E-state index in [-0.39, 0.29) is 12.6 Å². The Morgan fingerprint density at radius 2 is 1.69 bits per heavy atom. The van der Waals surface area contributed by atoms with Gasteiger partial charge >= 0.3 is 0 Å². The Labute approximate surface area is 99.2 Å². The molecule has 0 saturated heterocycles. The van der Waals surface area contributed by atoms with Gasteiger partial charge in [0.05, 0.1) is 6.61 Å². The SMILES string of the molecule is CCCC(CO)NCCNCCNCCN. The standard InChI is InChI=1S/C11H28N4O/c1-2-3-11(10-16)15-9-8-14-7-6-13-5-4-12/h11,13-16H,2-10,12H2,1H3. The summed E-state index contributed by atoms with van der Waals surface area (Å²) < 4.78 is 0. The van der Waals surface area contributed by atoms with Crippen molar-refractivity contribution in [3.8, 4) is 0 Å². The van der Waals surface area contributed by atoms with Crippen LogP contribution in [0.3, 0.4) is 0 Å². The molecule has 5 heteroatoms. The third-order valence-electron chi connectivity index (χ3n) is 2.39. The van der Waals surface area contributed by atoms with Crippen molar-refractivity contribution in [3.63, 3.8) is 0 Å². The molecule has 16 heavy (non-hydrogen) atoms. The molecule has 0 amide bonds. The minimum Gasteiger partial charge on any atom is -0.395 e. The molecule has 6 N–H and O–H groups in total. The molecule has 1 atom stereocenters. The summed E-state index contributed by atoms with van der Waals surface area (Å²) in [5, 5.41) is 18.9. The summed E-state index contributed by atoms with van der Waals surface area (Å²) in [4.78, 5) is 0. The van der Waals surface area contributed by atoms with Crippen LogP contribution in [0, 0.1) is 0 Å². The molecule has 98 valence electrons. The van der Waals surface area contributed by atoms with Crippen molar-refractivity contribution < 1.29 is 5.11 Å². The van der Waals surface area contributed by atoms with Crippen LogP contribution in [0.5, 0.6) is 0 Å². The van der Waals surface area contributed by atoms with E-state index in [9.17, 15) is 0 Å². The zero-order chi connectivity index (χ0) is 12.1. The Morgan fingerprint density at radius 3 is 2.25 bits per heavy atom. The number of hydrogen-bond donors (Lipinski definition) is 5. The molecule has 0 aromatic carbocycles.